The zero-order valence-corrected chi connectivity index (χ0v) is 11.0. The minimum absolute atomic E-state index is 0.132. The number of amides is 1. The van der Waals surface area contributed by atoms with Crippen molar-refractivity contribution in [2.24, 2.45) is 7.05 Å². The Kier molecular flexibility index (Phi) is 3.28. The molecule has 0 unspecified atom stereocenters. The second-order valence-corrected chi connectivity index (χ2v) is 4.29. The van der Waals surface area contributed by atoms with Gasteiger partial charge in [-0.15, -0.1) is 0 Å². The molecule has 0 saturated heterocycles. The molecular weight excluding hydrogens is 275 g/mol. The Morgan fingerprint density at radius 1 is 1.40 bits per heavy atom. The molecule has 0 spiro atoms. The molecule has 0 aliphatic heterocycles. The Morgan fingerprint density at radius 2 is 2.05 bits per heavy atom. The topological polar surface area (TPSA) is 75.6 Å². The van der Waals surface area contributed by atoms with Crippen LogP contribution < -0.4 is 5.32 Å². The van der Waals surface area contributed by atoms with Crippen molar-refractivity contribution in [3.8, 4) is 0 Å². The van der Waals surface area contributed by atoms with Crippen LogP contribution >= 0.6 is 0 Å². The van der Waals surface area contributed by atoms with Crippen molar-refractivity contribution < 1.29 is 18.0 Å². The largest absolute Gasteiger partial charge is 0.437 e. The van der Waals surface area contributed by atoms with E-state index in [-0.39, 0.29) is 16.9 Å². The number of aromatic nitrogens is 4. The third-order valence-electron chi connectivity index (χ3n) is 2.93. The summed E-state index contributed by atoms with van der Waals surface area (Å²) in [6, 6.07) is 0. The van der Waals surface area contributed by atoms with E-state index in [2.05, 4.69) is 20.6 Å². The van der Waals surface area contributed by atoms with Crippen LogP contribution in [0.25, 0.3) is 0 Å². The van der Waals surface area contributed by atoms with Crippen molar-refractivity contribution in [3.05, 3.63) is 28.8 Å². The molecule has 2 N–H and O–H groups in total. The summed E-state index contributed by atoms with van der Waals surface area (Å²) in [4.78, 5) is 12.0. The van der Waals surface area contributed by atoms with Crippen LogP contribution in [0.5, 0.6) is 0 Å². The Morgan fingerprint density at radius 3 is 2.55 bits per heavy atom. The molecule has 0 aromatic carbocycles. The number of aryl methyl sites for hydroxylation is 2. The molecule has 9 heteroatoms. The van der Waals surface area contributed by atoms with Gasteiger partial charge in [0.25, 0.3) is 5.91 Å². The number of hydrogen-bond donors (Lipinski definition) is 2. The van der Waals surface area contributed by atoms with E-state index >= 15 is 0 Å². The fraction of sp³-hybridized carbons (Fsp3) is 0.364. The molecule has 1 amide bonds. The molecule has 0 saturated carbocycles. The van der Waals surface area contributed by atoms with Crippen molar-refractivity contribution in [2.45, 2.75) is 20.0 Å². The highest BCUT2D eigenvalue weighted by Gasteiger charge is 2.38. The summed E-state index contributed by atoms with van der Waals surface area (Å²) in [6.45, 7) is 3.04. The lowest BCUT2D eigenvalue weighted by atomic mass is 10.2. The zero-order chi connectivity index (χ0) is 15.1. The number of nitrogens with zero attached hydrogens (tertiary/aromatic N) is 3. The predicted octanol–water partition coefficient (Wildman–Crippen LogP) is 2.03. The van der Waals surface area contributed by atoms with Gasteiger partial charge in [0.1, 0.15) is 0 Å². The van der Waals surface area contributed by atoms with Crippen LogP contribution in [0, 0.1) is 13.8 Å². The first-order valence-electron chi connectivity index (χ1n) is 5.64. The van der Waals surface area contributed by atoms with Crippen LogP contribution in [0.2, 0.25) is 0 Å². The molecule has 20 heavy (non-hydrogen) atoms. The Bertz CT molecular complexity index is 656. The number of carbonyl (C=O) groups excluding carboxylic acids is 1. The van der Waals surface area contributed by atoms with Gasteiger partial charge in [0, 0.05) is 12.7 Å². The van der Waals surface area contributed by atoms with Gasteiger partial charge in [-0.1, -0.05) is 0 Å². The standard InChI is InChI=1S/C11H12F3N5O/c1-5-8(9(18-17-5)11(12,13)14)16-10(20)7-4-15-19(3)6(7)2/h4H,1-3H3,(H,16,20)(H,17,18). The first kappa shape index (κ1) is 14.1. The molecule has 0 atom stereocenters. The van der Waals surface area contributed by atoms with E-state index in [1.54, 1.807) is 14.0 Å². The summed E-state index contributed by atoms with van der Waals surface area (Å²) in [6.07, 6.45) is -3.34. The maximum Gasteiger partial charge on any atom is 0.437 e. The lowest BCUT2D eigenvalue weighted by Crippen LogP contribution is -2.17. The van der Waals surface area contributed by atoms with Crippen LogP contribution in [0.3, 0.4) is 0 Å². The number of nitrogens with one attached hydrogen (secondary N) is 2. The van der Waals surface area contributed by atoms with E-state index in [4.69, 9.17) is 0 Å². The molecule has 2 aromatic heterocycles. The minimum Gasteiger partial charge on any atom is -0.318 e. The first-order chi connectivity index (χ1) is 9.21. The number of rotatable bonds is 2. The Labute approximate surface area is 112 Å². The molecule has 2 heterocycles. The first-order valence-corrected chi connectivity index (χ1v) is 5.64. The van der Waals surface area contributed by atoms with Crippen LogP contribution in [0.4, 0.5) is 18.9 Å². The predicted molar refractivity (Wildman–Crippen MR) is 64.2 cm³/mol. The van der Waals surface area contributed by atoms with E-state index in [0.717, 1.165) is 0 Å². The fourth-order valence-electron chi connectivity index (χ4n) is 1.69. The highest BCUT2D eigenvalue weighted by Crippen LogP contribution is 2.34. The van der Waals surface area contributed by atoms with Gasteiger partial charge >= 0.3 is 6.18 Å². The molecule has 2 aromatic rings. The molecule has 2 rings (SSSR count). The second kappa shape index (κ2) is 4.66. The number of hydrogen-bond acceptors (Lipinski definition) is 3. The molecule has 0 fully saturated rings. The van der Waals surface area contributed by atoms with E-state index in [0.29, 0.717) is 5.69 Å². The van der Waals surface area contributed by atoms with E-state index in [1.165, 1.54) is 17.8 Å². The molecule has 0 aliphatic rings. The summed E-state index contributed by atoms with van der Waals surface area (Å²) >= 11 is 0. The fourth-order valence-corrected chi connectivity index (χ4v) is 1.69. The number of H-pyrrole nitrogens is 1. The zero-order valence-electron chi connectivity index (χ0n) is 11.0. The summed E-state index contributed by atoms with van der Waals surface area (Å²) in [7, 11) is 1.64. The summed E-state index contributed by atoms with van der Waals surface area (Å²) in [5, 5.41) is 11.5. The van der Waals surface area contributed by atoms with E-state index < -0.39 is 17.8 Å². The average Bonchev–Trinajstić information content (AvgIpc) is 2.85. The summed E-state index contributed by atoms with van der Waals surface area (Å²) < 4.78 is 39.7. The van der Waals surface area contributed by atoms with Crippen molar-refractivity contribution >= 4 is 11.6 Å². The van der Waals surface area contributed by atoms with Gasteiger partial charge in [-0.05, 0) is 13.8 Å². The van der Waals surface area contributed by atoms with Crippen LogP contribution in [0.15, 0.2) is 6.20 Å². The molecule has 0 radical (unpaired) electrons. The number of carbonyl (C=O) groups is 1. The molecule has 6 nitrogen and oxygen atoms in total. The number of halogens is 3. The minimum atomic E-state index is -4.64. The third-order valence-corrected chi connectivity index (χ3v) is 2.93. The van der Waals surface area contributed by atoms with Crippen LogP contribution in [0.1, 0.15) is 27.4 Å². The van der Waals surface area contributed by atoms with Gasteiger partial charge < -0.3 is 5.32 Å². The Hall–Kier alpha value is -2.32. The lowest BCUT2D eigenvalue weighted by molar-refractivity contribution is -0.140. The van der Waals surface area contributed by atoms with Crippen LogP contribution in [-0.4, -0.2) is 25.9 Å². The third kappa shape index (κ3) is 2.38. The number of aromatic amines is 1. The van der Waals surface area contributed by atoms with Crippen molar-refractivity contribution in [2.75, 3.05) is 5.32 Å². The van der Waals surface area contributed by atoms with Gasteiger partial charge in [-0.3, -0.25) is 14.6 Å². The number of alkyl halides is 3. The smallest absolute Gasteiger partial charge is 0.318 e. The lowest BCUT2D eigenvalue weighted by Gasteiger charge is -2.08. The highest BCUT2D eigenvalue weighted by molar-refractivity contribution is 6.05. The van der Waals surface area contributed by atoms with Gasteiger partial charge in [0.15, 0.2) is 5.69 Å². The maximum absolute atomic E-state index is 12.7. The van der Waals surface area contributed by atoms with Gasteiger partial charge in [0.2, 0.25) is 0 Å². The normalized spacial score (nSPS) is 11.7. The summed E-state index contributed by atoms with van der Waals surface area (Å²) in [5.41, 5.74) is -0.624. The average molecular weight is 287 g/mol. The van der Waals surface area contributed by atoms with Crippen molar-refractivity contribution in [1.82, 2.24) is 20.0 Å². The molecular formula is C11H12F3N5O. The molecule has 0 aliphatic carbocycles. The quantitative estimate of drug-likeness (QED) is 0.887. The monoisotopic (exact) mass is 287 g/mol. The Balaban J connectivity index is 2.34. The molecule has 108 valence electrons. The van der Waals surface area contributed by atoms with Crippen LogP contribution in [-0.2, 0) is 13.2 Å². The van der Waals surface area contributed by atoms with E-state index in [1.807, 2.05) is 0 Å². The summed E-state index contributed by atoms with van der Waals surface area (Å²) in [5.74, 6) is -0.661. The van der Waals surface area contributed by atoms with Gasteiger partial charge in [-0.2, -0.15) is 23.4 Å². The highest BCUT2D eigenvalue weighted by atomic mass is 19.4. The second-order valence-electron chi connectivity index (χ2n) is 4.29. The van der Waals surface area contributed by atoms with Gasteiger partial charge in [0.05, 0.1) is 23.1 Å². The maximum atomic E-state index is 12.7. The van der Waals surface area contributed by atoms with Gasteiger partial charge in [-0.25, -0.2) is 0 Å². The van der Waals surface area contributed by atoms with E-state index in [9.17, 15) is 18.0 Å². The van der Waals surface area contributed by atoms with Crippen molar-refractivity contribution in [1.29, 1.82) is 0 Å². The van der Waals surface area contributed by atoms with Crippen molar-refractivity contribution in [3.63, 3.8) is 0 Å². The number of anilines is 1. The SMILES string of the molecule is Cc1[nH]nc(C(F)(F)F)c1NC(=O)c1cnn(C)c1C. The molecule has 0 bridgehead atoms.